The zero-order valence-corrected chi connectivity index (χ0v) is 10.2. The van der Waals surface area contributed by atoms with Crippen LogP contribution in [0, 0.1) is 5.92 Å². The number of hydrogen-bond donors (Lipinski definition) is 0. The minimum Gasteiger partial charge on any atom is -0.384 e. The second-order valence-corrected chi connectivity index (χ2v) is 4.96. The predicted octanol–water partition coefficient (Wildman–Crippen LogP) is 0.577. The second-order valence-electron chi connectivity index (χ2n) is 4.96. The molecule has 1 amide bonds. The molecule has 0 atom stereocenters. The summed E-state index contributed by atoms with van der Waals surface area (Å²) in [6, 6.07) is 0. The number of hydrogen-bond acceptors (Lipinski definition) is 3. The van der Waals surface area contributed by atoms with Crippen molar-refractivity contribution in [3.8, 4) is 0 Å². The van der Waals surface area contributed by atoms with E-state index in [9.17, 15) is 4.79 Å². The fourth-order valence-corrected chi connectivity index (χ4v) is 2.52. The molecule has 4 nitrogen and oxygen atoms in total. The average molecular weight is 226 g/mol. The van der Waals surface area contributed by atoms with E-state index in [1.807, 2.05) is 4.90 Å². The highest BCUT2D eigenvalue weighted by Gasteiger charge is 2.31. The van der Waals surface area contributed by atoms with Gasteiger partial charge in [-0.2, -0.15) is 0 Å². The Morgan fingerprint density at radius 2 is 1.94 bits per heavy atom. The second kappa shape index (κ2) is 5.64. The number of nitrogens with zero attached hydrogens (tertiary/aromatic N) is 2. The molecule has 0 aliphatic carbocycles. The molecule has 0 aromatic rings. The van der Waals surface area contributed by atoms with E-state index in [1.54, 1.807) is 7.11 Å². The van der Waals surface area contributed by atoms with Crippen molar-refractivity contribution in [2.75, 3.05) is 46.4 Å². The predicted molar refractivity (Wildman–Crippen MR) is 62.2 cm³/mol. The molecule has 92 valence electrons. The van der Waals surface area contributed by atoms with E-state index in [0.29, 0.717) is 18.4 Å². The third-order valence-corrected chi connectivity index (χ3v) is 3.52. The average Bonchev–Trinajstić information content (AvgIpc) is 2.24. The number of rotatable bonds is 4. The molecule has 16 heavy (non-hydrogen) atoms. The van der Waals surface area contributed by atoms with Gasteiger partial charge in [0.05, 0.1) is 13.2 Å². The molecule has 0 aromatic carbocycles. The summed E-state index contributed by atoms with van der Waals surface area (Å²) >= 11 is 0. The lowest BCUT2D eigenvalue weighted by Gasteiger charge is -2.40. The monoisotopic (exact) mass is 226 g/mol. The van der Waals surface area contributed by atoms with Crippen LogP contribution < -0.4 is 0 Å². The number of amides is 1. The van der Waals surface area contributed by atoms with Crippen molar-refractivity contribution in [3.63, 3.8) is 0 Å². The van der Waals surface area contributed by atoms with E-state index in [0.717, 1.165) is 32.8 Å². The van der Waals surface area contributed by atoms with Gasteiger partial charge in [-0.15, -0.1) is 0 Å². The van der Waals surface area contributed by atoms with Crippen LogP contribution in [0.1, 0.15) is 19.3 Å². The Hall–Kier alpha value is -0.610. The standard InChI is InChI=1S/C12H22N2O2/c1-16-10-11-7-14(8-11)12(15)9-13-5-3-2-4-6-13/h11H,2-10H2,1H3. The molecular formula is C12H22N2O2. The number of carbonyl (C=O) groups excluding carboxylic acids is 1. The maximum atomic E-state index is 11.9. The first-order valence-corrected chi connectivity index (χ1v) is 6.28. The summed E-state index contributed by atoms with van der Waals surface area (Å²) in [4.78, 5) is 16.1. The highest BCUT2D eigenvalue weighted by atomic mass is 16.5. The van der Waals surface area contributed by atoms with Crippen molar-refractivity contribution in [1.82, 2.24) is 9.80 Å². The van der Waals surface area contributed by atoms with Crippen molar-refractivity contribution in [2.24, 2.45) is 5.92 Å². The Morgan fingerprint density at radius 1 is 1.25 bits per heavy atom. The summed E-state index contributed by atoms with van der Waals surface area (Å²) in [7, 11) is 1.72. The van der Waals surface area contributed by atoms with Crippen molar-refractivity contribution >= 4 is 5.91 Å². The van der Waals surface area contributed by atoms with Crippen molar-refractivity contribution in [1.29, 1.82) is 0 Å². The largest absolute Gasteiger partial charge is 0.384 e. The SMILES string of the molecule is COCC1CN(C(=O)CN2CCCCC2)C1. The van der Waals surface area contributed by atoms with Crippen LogP contribution in [-0.4, -0.2) is 62.1 Å². The van der Waals surface area contributed by atoms with Gasteiger partial charge in [-0.25, -0.2) is 0 Å². The molecule has 2 aliphatic heterocycles. The van der Waals surface area contributed by atoms with Crippen LogP contribution in [0.3, 0.4) is 0 Å². The van der Waals surface area contributed by atoms with E-state index >= 15 is 0 Å². The van der Waals surface area contributed by atoms with E-state index in [2.05, 4.69) is 4.90 Å². The zero-order valence-electron chi connectivity index (χ0n) is 10.2. The first kappa shape index (κ1) is 11.9. The van der Waals surface area contributed by atoms with Gasteiger partial charge in [0.2, 0.25) is 5.91 Å². The number of ether oxygens (including phenoxy) is 1. The zero-order chi connectivity index (χ0) is 11.4. The Labute approximate surface area is 97.5 Å². The molecular weight excluding hydrogens is 204 g/mol. The highest BCUT2D eigenvalue weighted by Crippen LogP contribution is 2.16. The van der Waals surface area contributed by atoms with Gasteiger partial charge in [-0.3, -0.25) is 9.69 Å². The third-order valence-electron chi connectivity index (χ3n) is 3.52. The van der Waals surface area contributed by atoms with Crippen LogP contribution in [-0.2, 0) is 9.53 Å². The fraction of sp³-hybridized carbons (Fsp3) is 0.917. The van der Waals surface area contributed by atoms with E-state index in [-0.39, 0.29) is 0 Å². The molecule has 4 heteroatoms. The molecule has 2 aliphatic rings. The van der Waals surface area contributed by atoms with Gasteiger partial charge in [0.25, 0.3) is 0 Å². The van der Waals surface area contributed by atoms with Crippen LogP contribution >= 0.6 is 0 Å². The normalized spacial score (nSPS) is 23.2. The lowest BCUT2D eigenvalue weighted by Crippen LogP contribution is -2.54. The van der Waals surface area contributed by atoms with Crippen molar-refractivity contribution in [3.05, 3.63) is 0 Å². The number of piperidine rings is 1. The number of likely N-dealkylation sites (tertiary alicyclic amines) is 2. The molecule has 0 saturated carbocycles. The van der Waals surface area contributed by atoms with Crippen molar-refractivity contribution in [2.45, 2.75) is 19.3 Å². The quantitative estimate of drug-likeness (QED) is 0.703. The first-order chi connectivity index (χ1) is 7.79. The summed E-state index contributed by atoms with van der Waals surface area (Å²) < 4.78 is 5.08. The summed E-state index contributed by atoms with van der Waals surface area (Å²) in [6.45, 7) is 5.39. The molecule has 2 saturated heterocycles. The van der Waals surface area contributed by atoms with Gasteiger partial charge in [0, 0.05) is 26.1 Å². The lowest BCUT2D eigenvalue weighted by atomic mass is 10.0. The van der Waals surface area contributed by atoms with Gasteiger partial charge < -0.3 is 9.64 Å². The van der Waals surface area contributed by atoms with E-state index < -0.39 is 0 Å². The maximum absolute atomic E-state index is 11.9. The number of carbonyl (C=O) groups is 1. The molecule has 0 spiro atoms. The molecule has 2 fully saturated rings. The smallest absolute Gasteiger partial charge is 0.236 e. The molecule has 0 bridgehead atoms. The number of methoxy groups -OCH3 is 1. The Balaban J connectivity index is 1.65. The Morgan fingerprint density at radius 3 is 2.56 bits per heavy atom. The van der Waals surface area contributed by atoms with Crippen LogP contribution in [0.2, 0.25) is 0 Å². The van der Waals surface area contributed by atoms with Gasteiger partial charge in [0.15, 0.2) is 0 Å². The minimum atomic E-state index is 0.300. The van der Waals surface area contributed by atoms with Gasteiger partial charge >= 0.3 is 0 Å². The first-order valence-electron chi connectivity index (χ1n) is 6.28. The molecule has 0 radical (unpaired) electrons. The van der Waals surface area contributed by atoms with Crippen LogP contribution in [0.5, 0.6) is 0 Å². The third kappa shape index (κ3) is 2.95. The maximum Gasteiger partial charge on any atom is 0.236 e. The van der Waals surface area contributed by atoms with Gasteiger partial charge in [-0.05, 0) is 25.9 Å². The van der Waals surface area contributed by atoms with Crippen molar-refractivity contribution < 1.29 is 9.53 Å². The molecule has 2 rings (SSSR count). The molecule has 0 unspecified atom stereocenters. The molecule has 2 heterocycles. The minimum absolute atomic E-state index is 0.300. The Kier molecular flexibility index (Phi) is 4.18. The topological polar surface area (TPSA) is 32.8 Å². The van der Waals surface area contributed by atoms with Crippen LogP contribution in [0.25, 0.3) is 0 Å². The highest BCUT2D eigenvalue weighted by molar-refractivity contribution is 5.79. The van der Waals surface area contributed by atoms with Crippen LogP contribution in [0.4, 0.5) is 0 Å². The molecule has 0 aromatic heterocycles. The summed E-state index contributed by atoms with van der Waals surface area (Å²) in [5, 5.41) is 0. The fourth-order valence-electron chi connectivity index (χ4n) is 2.52. The Bertz CT molecular complexity index is 233. The summed E-state index contributed by atoms with van der Waals surface area (Å²) in [5.41, 5.74) is 0. The van der Waals surface area contributed by atoms with Gasteiger partial charge in [0.1, 0.15) is 0 Å². The molecule has 0 N–H and O–H groups in total. The lowest BCUT2D eigenvalue weighted by molar-refractivity contribution is -0.140. The van der Waals surface area contributed by atoms with Crippen LogP contribution in [0.15, 0.2) is 0 Å². The summed E-state index contributed by atoms with van der Waals surface area (Å²) in [6.07, 6.45) is 3.82. The van der Waals surface area contributed by atoms with E-state index in [4.69, 9.17) is 4.74 Å². The van der Waals surface area contributed by atoms with E-state index in [1.165, 1.54) is 19.3 Å². The summed E-state index contributed by atoms with van der Waals surface area (Å²) in [5.74, 6) is 0.865. The van der Waals surface area contributed by atoms with Gasteiger partial charge in [-0.1, -0.05) is 6.42 Å².